The van der Waals surface area contributed by atoms with E-state index in [1.807, 2.05) is 29.7 Å². The molecule has 2 heterocycles. The summed E-state index contributed by atoms with van der Waals surface area (Å²) in [7, 11) is 0. The predicted octanol–water partition coefficient (Wildman–Crippen LogP) is 7.31. The van der Waals surface area contributed by atoms with Gasteiger partial charge in [0.05, 0.1) is 17.2 Å². The lowest BCUT2D eigenvalue weighted by molar-refractivity contribution is 0.259. The molecule has 210 valence electrons. The third kappa shape index (κ3) is 6.27. The summed E-state index contributed by atoms with van der Waals surface area (Å²) in [5, 5.41) is 8.16. The summed E-state index contributed by atoms with van der Waals surface area (Å²) in [4.78, 5) is 22.7. The van der Waals surface area contributed by atoms with Gasteiger partial charge < -0.3 is 10.3 Å². The Morgan fingerprint density at radius 2 is 1.82 bits per heavy atom. The lowest BCUT2D eigenvalue weighted by Gasteiger charge is -2.35. The largest absolute Gasteiger partial charge is 0.363 e. The fourth-order valence-electron chi connectivity index (χ4n) is 5.96. The van der Waals surface area contributed by atoms with Crippen LogP contribution in [-0.4, -0.2) is 37.7 Å². The number of rotatable bonds is 10. The van der Waals surface area contributed by atoms with Gasteiger partial charge in [0.15, 0.2) is 0 Å². The van der Waals surface area contributed by atoms with Crippen LogP contribution >= 0.6 is 12.2 Å². The first kappa shape index (κ1) is 28.4. The molecule has 1 atom stereocenters. The Bertz CT molecular complexity index is 1440. The number of likely N-dealkylation sites (tertiary alicyclic amines) is 1. The van der Waals surface area contributed by atoms with Crippen LogP contribution in [0, 0.1) is 5.41 Å². The zero-order chi connectivity index (χ0) is 28.2. The molecule has 2 fully saturated rings. The summed E-state index contributed by atoms with van der Waals surface area (Å²) >= 11 is 5.96. The third-order valence-corrected chi connectivity index (χ3v) is 8.86. The number of aromatic nitrogens is 2. The Balaban J connectivity index is 1.48. The molecule has 0 bridgehead atoms. The number of aryl methyl sites for hydroxylation is 1. The van der Waals surface area contributed by atoms with E-state index in [0.717, 1.165) is 95.8 Å². The zero-order valence-corrected chi connectivity index (χ0v) is 25.0. The van der Waals surface area contributed by atoms with Crippen molar-refractivity contribution in [3.63, 3.8) is 0 Å². The van der Waals surface area contributed by atoms with Crippen molar-refractivity contribution in [1.82, 2.24) is 14.5 Å². The highest BCUT2D eigenvalue weighted by Crippen LogP contribution is 2.40. The Labute approximate surface area is 244 Å². The molecule has 1 saturated heterocycles. The fourth-order valence-corrected chi connectivity index (χ4v) is 6.38. The van der Waals surface area contributed by atoms with Crippen LogP contribution in [0.5, 0.6) is 0 Å². The van der Waals surface area contributed by atoms with Crippen LogP contribution in [0.2, 0.25) is 0 Å². The Hall–Kier alpha value is -3.12. The van der Waals surface area contributed by atoms with E-state index in [0.29, 0.717) is 30.6 Å². The van der Waals surface area contributed by atoms with Crippen LogP contribution in [0.1, 0.15) is 99.8 Å². The number of hydrogen-bond acceptors (Lipinski definition) is 4. The van der Waals surface area contributed by atoms with E-state index >= 15 is 0 Å². The molecule has 0 spiro atoms. The van der Waals surface area contributed by atoms with Crippen molar-refractivity contribution >= 4 is 22.9 Å². The van der Waals surface area contributed by atoms with Crippen molar-refractivity contribution in [3.8, 4) is 11.1 Å². The van der Waals surface area contributed by atoms with E-state index in [4.69, 9.17) is 22.6 Å². The van der Waals surface area contributed by atoms with Gasteiger partial charge in [-0.3, -0.25) is 9.36 Å². The molecule has 5 nitrogen and oxygen atoms in total. The molecule has 2 aliphatic rings. The molecular weight excluding hydrogens is 512 g/mol. The summed E-state index contributed by atoms with van der Waals surface area (Å²) in [5.41, 5.74) is 6.62. The molecule has 1 aliphatic carbocycles. The summed E-state index contributed by atoms with van der Waals surface area (Å²) in [6.45, 7) is 7.75. The number of nitrogens with zero attached hydrogens (tertiary/aromatic N) is 3. The van der Waals surface area contributed by atoms with Crippen molar-refractivity contribution in [2.75, 3.05) is 6.54 Å². The third-order valence-electron chi connectivity index (χ3n) is 8.48. The van der Waals surface area contributed by atoms with Gasteiger partial charge in [0.25, 0.3) is 5.56 Å². The van der Waals surface area contributed by atoms with E-state index in [9.17, 15) is 4.79 Å². The number of thiocarbonyl (C=S) groups is 1. The molecular formula is C34H42N4OS. The van der Waals surface area contributed by atoms with E-state index in [-0.39, 0.29) is 5.56 Å². The average molecular weight is 555 g/mol. The second-order valence-electron chi connectivity index (χ2n) is 11.6. The second-order valence-corrected chi connectivity index (χ2v) is 12.1. The van der Waals surface area contributed by atoms with Crippen molar-refractivity contribution in [2.45, 2.75) is 97.1 Å². The monoisotopic (exact) mass is 554 g/mol. The van der Waals surface area contributed by atoms with Crippen molar-refractivity contribution in [1.29, 1.82) is 5.41 Å². The SMILES string of the molecule is CCCCc1nc(C2CC2)c(CC(=S)N2CCCCC2C)c(=O)n1Cc1ccc(-c2ccccc2C(C)=N)cc1. The maximum absolute atomic E-state index is 14.2. The van der Waals surface area contributed by atoms with Crippen molar-refractivity contribution in [3.05, 3.63) is 87.1 Å². The standard InChI is InChI=1S/C34H42N4OS/c1-4-5-13-31-36-33(27-18-19-27)30(21-32(40)37-20-9-8-10-23(37)2)34(39)38(31)22-25-14-16-26(17-15-25)29-12-7-6-11-28(29)24(3)35/h6-7,11-12,14-17,23,27,35H,4-5,8-10,13,18-22H2,1-3H3. The number of unbranched alkanes of at least 4 members (excludes halogenated alkanes) is 1. The molecule has 1 aromatic heterocycles. The molecule has 2 aromatic carbocycles. The van der Waals surface area contributed by atoms with E-state index < -0.39 is 0 Å². The molecule has 1 unspecified atom stereocenters. The predicted molar refractivity (Wildman–Crippen MR) is 169 cm³/mol. The number of benzene rings is 2. The first-order chi connectivity index (χ1) is 19.4. The van der Waals surface area contributed by atoms with Gasteiger partial charge in [0.1, 0.15) is 5.82 Å². The first-order valence-electron chi connectivity index (χ1n) is 15.0. The van der Waals surface area contributed by atoms with Gasteiger partial charge >= 0.3 is 0 Å². The van der Waals surface area contributed by atoms with Crippen LogP contribution < -0.4 is 5.56 Å². The normalized spacial score (nSPS) is 17.2. The maximum Gasteiger partial charge on any atom is 0.257 e. The van der Waals surface area contributed by atoms with E-state index in [2.05, 4.69) is 49.1 Å². The van der Waals surface area contributed by atoms with Gasteiger partial charge in [0, 0.05) is 48.2 Å². The van der Waals surface area contributed by atoms with Gasteiger partial charge in [-0.15, -0.1) is 0 Å². The number of hydrogen-bond donors (Lipinski definition) is 1. The molecule has 1 saturated carbocycles. The van der Waals surface area contributed by atoms with Gasteiger partial charge in [0.2, 0.25) is 0 Å². The van der Waals surface area contributed by atoms with Gasteiger partial charge in [-0.25, -0.2) is 4.98 Å². The molecule has 1 N–H and O–H groups in total. The van der Waals surface area contributed by atoms with Crippen LogP contribution in [0.25, 0.3) is 11.1 Å². The maximum atomic E-state index is 14.2. The van der Waals surface area contributed by atoms with Crippen molar-refractivity contribution < 1.29 is 0 Å². The lowest BCUT2D eigenvalue weighted by atomic mass is 9.96. The molecule has 5 rings (SSSR count). The molecule has 1 aliphatic heterocycles. The Kier molecular flexibility index (Phi) is 8.94. The lowest BCUT2D eigenvalue weighted by Crippen LogP contribution is -2.43. The molecule has 3 aromatic rings. The minimum atomic E-state index is 0.0869. The fraction of sp³-hybridized carbons (Fsp3) is 0.471. The van der Waals surface area contributed by atoms with Crippen LogP contribution in [-0.2, 0) is 19.4 Å². The summed E-state index contributed by atoms with van der Waals surface area (Å²) in [6.07, 6.45) is 9.20. The molecule has 0 radical (unpaired) electrons. The van der Waals surface area contributed by atoms with Crippen LogP contribution in [0.4, 0.5) is 0 Å². The smallest absolute Gasteiger partial charge is 0.257 e. The highest BCUT2D eigenvalue weighted by atomic mass is 32.1. The van der Waals surface area contributed by atoms with E-state index in [1.165, 1.54) is 6.42 Å². The summed E-state index contributed by atoms with van der Waals surface area (Å²) in [5.74, 6) is 1.31. The molecule has 6 heteroatoms. The second kappa shape index (κ2) is 12.6. The van der Waals surface area contributed by atoms with Crippen LogP contribution in [0.3, 0.4) is 0 Å². The van der Waals surface area contributed by atoms with Gasteiger partial charge in [-0.2, -0.15) is 0 Å². The Morgan fingerprint density at radius 3 is 2.50 bits per heavy atom. The van der Waals surface area contributed by atoms with Gasteiger partial charge in [-0.05, 0) is 69.1 Å². The van der Waals surface area contributed by atoms with Crippen LogP contribution in [0.15, 0.2) is 53.3 Å². The summed E-state index contributed by atoms with van der Waals surface area (Å²) in [6, 6.07) is 16.9. The number of piperidine rings is 1. The summed E-state index contributed by atoms with van der Waals surface area (Å²) < 4.78 is 1.92. The minimum Gasteiger partial charge on any atom is -0.363 e. The highest BCUT2D eigenvalue weighted by molar-refractivity contribution is 7.80. The minimum absolute atomic E-state index is 0.0869. The average Bonchev–Trinajstić information content (AvgIpc) is 3.81. The Morgan fingerprint density at radius 1 is 1.07 bits per heavy atom. The topological polar surface area (TPSA) is 62.0 Å². The zero-order valence-electron chi connectivity index (χ0n) is 24.2. The highest BCUT2D eigenvalue weighted by Gasteiger charge is 2.32. The van der Waals surface area contributed by atoms with E-state index in [1.54, 1.807) is 0 Å². The quantitative estimate of drug-likeness (QED) is 0.211. The number of nitrogens with one attached hydrogen (secondary N) is 1. The first-order valence-corrected chi connectivity index (χ1v) is 15.4. The molecule has 0 amide bonds. The molecule has 40 heavy (non-hydrogen) atoms. The van der Waals surface area contributed by atoms with Gasteiger partial charge in [-0.1, -0.05) is 74.1 Å². The van der Waals surface area contributed by atoms with Crippen molar-refractivity contribution in [2.24, 2.45) is 0 Å².